The topological polar surface area (TPSA) is 81.7 Å². The Labute approximate surface area is 117 Å². The molecule has 0 radical (unpaired) electrons. The summed E-state index contributed by atoms with van der Waals surface area (Å²) < 4.78 is 9.02. The van der Waals surface area contributed by atoms with E-state index in [0.29, 0.717) is 0 Å². The lowest BCUT2D eigenvalue weighted by atomic mass is 10.1. The average molecular weight is 279 g/mol. The largest absolute Gasteiger partial charge is 0.469 e. The first-order chi connectivity index (χ1) is 9.56. The van der Waals surface area contributed by atoms with Crippen molar-refractivity contribution in [2.24, 2.45) is 0 Å². The van der Waals surface area contributed by atoms with Crippen LogP contribution in [0.5, 0.6) is 0 Å². The quantitative estimate of drug-likeness (QED) is 0.765. The average Bonchev–Trinajstić information content (AvgIpc) is 2.46. The summed E-state index contributed by atoms with van der Waals surface area (Å²) in [7, 11) is 2.40. The van der Waals surface area contributed by atoms with E-state index < -0.39 is 18.0 Å². The van der Waals surface area contributed by atoms with Gasteiger partial charge in [-0.05, 0) is 5.56 Å². The Morgan fingerprint density at radius 1 is 1.10 bits per heavy atom. The Morgan fingerprint density at radius 3 is 2.30 bits per heavy atom. The van der Waals surface area contributed by atoms with E-state index in [4.69, 9.17) is 0 Å². The summed E-state index contributed by atoms with van der Waals surface area (Å²) in [6.07, 6.45) is -0.140. The van der Waals surface area contributed by atoms with Crippen molar-refractivity contribution in [1.29, 1.82) is 0 Å². The normalized spacial score (nSPS) is 11.3. The van der Waals surface area contributed by atoms with Crippen molar-refractivity contribution in [2.45, 2.75) is 18.9 Å². The maximum atomic E-state index is 11.8. The van der Waals surface area contributed by atoms with E-state index in [2.05, 4.69) is 14.8 Å². The number of hydrogen-bond donors (Lipinski definition) is 1. The maximum Gasteiger partial charge on any atom is 0.328 e. The molecule has 6 heteroatoms. The van der Waals surface area contributed by atoms with Crippen LogP contribution in [0.3, 0.4) is 0 Å². The minimum absolute atomic E-state index is 0.121. The molecule has 108 valence electrons. The number of methoxy groups -OCH3 is 2. The second-order valence-electron chi connectivity index (χ2n) is 4.09. The highest BCUT2D eigenvalue weighted by molar-refractivity contribution is 5.88. The molecule has 1 N–H and O–H groups in total. The molecule has 0 heterocycles. The first kappa shape index (κ1) is 15.7. The standard InChI is InChI=1S/C14H17NO5/c1-19-13(17)9-11(14(18)20-2)15-12(16)8-10-6-4-3-5-7-10/h3-7,11H,8-9H2,1-2H3,(H,15,16)/t11-/m0/s1. The number of carbonyl (C=O) groups excluding carboxylic acids is 3. The van der Waals surface area contributed by atoms with Crippen LogP contribution in [-0.4, -0.2) is 38.1 Å². The monoisotopic (exact) mass is 279 g/mol. The zero-order valence-corrected chi connectivity index (χ0v) is 11.4. The van der Waals surface area contributed by atoms with Crippen molar-refractivity contribution >= 4 is 17.8 Å². The molecular weight excluding hydrogens is 262 g/mol. The van der Waals surface area contributed by atoms with Gasteiger partial charge in [0.25, 0.3) is 0 Å². The third-order valence-electron chi connectivity index (χ3n) is 2.63. The Balaban J connectivity index is 2.62. The molecule has 20 heavy (non-hydrogen) atoms. The summed E-state index contributed by atoms with van der Waals surface area (Å²) in [5.74, 6) is -1.65. The number of hydrogen-bond acceptors (Lipinski definition) is 5. The second kappa shape index (κ2) is 7.93. The SMILES string of the molecule is COC(=O)C[C@H](NC(=O)Cc1ccccc1)C(=O)OC. The molecular formula is C14H17NO5. The van der Waals surface area contributed by atoms with E-state index in [-0.39, 0.29) is 18.7 Å². The summed E-state index contributed by atoms with van der Waals surface area (Å²) in [6.45, 7) is 0. The number of rotatable bonds is 6. The third-order valence-corrected chi connectivity index (χ3v) is 2.63. The first-order valence-corrected chi connectivity index (χ1v) is 6.04. The summed E-state index contributed by atoms with van der Waals surface area (Å²) >= 11 is 0. The maximum absolute atomic E-state index is 11.8. The smallest absolute Gasteiger partial charge is 0.328 e. The minimum Gasteiger partial charge on any atom is -0.469 e. The van der Waals surface area contributed by atoms with Gasteiger partial charge in [-0.1, -0.05) is 30.3 Å². The van der Waals surface area contributed by atoms with Gasteiger partial charge in [-0.3, -0.25) is 9.59 Å². The second-order valence-corrected chi connectivity index (χ2v) is 4.09. The fraction of sp³-hybridized carbons (Fsp3) is 0.357. The molecule has 1 atom stereocenters. The van der Waals surface area contributed by atoms with Crippen LogP contribution >= 0.6 is 0 Å². The predicted molar refractivity (Wildman–Crippen MR) is 70.7 cm³/mol. The van der Waals surface area contributed by atoms with Gasteiger partial charge in [-0.15, -0.1) is 0 Å². The lowest BCUT2D eigenvalue weighted by molar-refractivity contribution is -0.150. The summed E-state index contributed by atoms with van der Waals surface area (Å²) in [6, 6.07) is 8.03. The molecule has 1 amide bonds. The highest BCUT2D eigenvalue weighted by atomic mass is 16.5. The molecule has 6 nitrogen and oxygen atoms in total. The van der Waals surface area contributed by atoms with Crippen molar-refractivity contribution in [2.75, 3.05) is 14.2 Å². The Bertz CT molecular complexity index is 472. The molecule has 0 aromatic heterocycles. The fourth-order valence-corrected chi connectivity index (χ4v) is 1.61. The van der Waals surface area contributed by atoms with Crippen molar-refractivity contribution in [3.63, 3.8) is 0 Å². The van der Waals surface area contributed by atoms with Gasteiger partial charge in [-0.2, -0.15) is 0 Å². The lowest BCUT2D eigenvalue weighted by Crippen LogP contribution is -2.43. The third kappa shape index (κ3) is 5.09. The number of carbonyl (C=O) groups is 3. The Hall–Kier alpha value is -2.37. The van der Waals surface area contributed by atoms with Gasteiger partial charge in [0.2, 0.25) is 5.91 Å². The molecule has 0 fully saturated rings. The van der Waals surface area contributed by atoms with Gasteiger partial charge < -0.3 is 14.8 Å². The van der Waals surface area contributed by atoms with Gasteiger partial charge >= 0.3 is 11.9 Å². The first-order valence-electron chi connectivity index (χ1n) is 6.04. The van der Waals surface area contributed by atoms with Crippen LogP contribution in [0.15, 0.2) is 30.3 Å². The lowest BCUT2D eigenvalue weighted by Gasteiger charge is -2.15. The summed E-state index contributed by atoms with van der Waals surface area (Å²) in [5.41, 5.74) is 0.812. The zero-order valence-electron chi connectivity index (χ0n) is 11.4. The molecule has 0 unspecified atom stereocenters. The number of esters is 2. The molecule has 0 aliphatic carbocycles. The minimum atomic E-state index is -1.04. The van der Waals surface area contributed by atoms with Crippen LogP contribution in [-0.2, 0) is 30.3 Å². The van der Waals surface area contributed by atoms with Crippen molar-refractivity contribution in [1.82, 2.24) is 5.32 Å². The van der Waals surface area contributed by atoms with Crippen LogP contribution in [0.2, 0.25) is 0 Å². The molecule has 0 saturated carbocycles. The van der Waals surface area contributed by atoms with Gasteiger partial charge in [0, 0.05) is 0 Å². The van der Waals surface area contributed by atoms with E-state index >= 15 is 0 Å². The van der Waals surface area contributed by atoms with Crippen LogP contribution < -0.4 is 5.32 Å². The van der Waals surface area contributed by atoms with Crippen molar-refractivity contribution < 1.29 is 23.9 Å². The van der Waals surface area contributed by atoms with Crippen LogP contribution in [0.25, 0.3) is 0 Å². The van der Waals surface area contributed by atoms with E-state index in [1.165, 1.54) is 14.2 Å². The summed E-state index contributed by atoms with van der Waals surface area (Å²) in [5, 5.41) is 2.47. The van der Waals surface area contributed by atoms with Gasteiger partial charge in [0.1, 0.15) is 6.04 Å². The van der Waals surface area contributed by atoms with E-state index in [0.717, 1.165) is 5.56 Å². The molecule has 1 aromatic rings. The molecule has 0 saturated heterocycles. The van der Waals surface area contributed by atoms with Crippen LogP contribution in [0.4, 0.5) is 0 Å². The molecule has 0 aliphatic rings. The molecule has 0 aliphatic heterocycles. The van der Waals surface area contributed by atoms with E-state index in [1.807, 2.05) is 18.2 Å². The number of amides is 1. The van der Waals surface area contributed by atoms with E-state index in [9.17, 15) is 14.4 Å². The molecule has 0 spiro atoms. The Morgan fingerprint density at radius 2 is 1.75 bits per heavy atom. The zero-order chi connectivity index (χ0) is 15.0. The van der Waals surface area contributed by atoms with Gasteiger partial charge in [0.05, 0.1) is 27.1 Å². The van der Waals surface area contributed by atoms with Gasteiger partial charge in [-0.25, -0.2) is 4.79 Å². The van der Waals surface area contributed by atoms with Crippen molar-refractivity contribution in [3.05, 3.63) is 35.9 Å². The van der Waals surface area contributed by atoms with E-state index in [1.54, 1.807) is 12.1 Å². The fourth-order valence-electron chi connectivity index (χ4n) is 1.61. The number of ether oxygens (including phenoxy) is 2. The Kier molecular flexibility index (Phi) is 6.22. The van der Waals surface area contributed by atoms with Gasteiger partial charge in [0.15, 0.2) is 0 Å². The van der Waals surface area contributed by atoms with Crippen LogP contribution in [0, 0.1) is 0 Å². The summed E-state index contributed by atoms with van der Waals surface area (Å²) in [4.78, 5) is 34.5. The highest BCUT2D eigenvalue weighted by Gasteiger charge is 2.24. The van der Waals surface area contributed by atoms with Crippen molar-refractivity contribution in [3.8, 4) is 0 Å². The predicted octanol–water partition coefficient (Wildman–Crippen LogP) is 0.450. The highest BCUT2D eigenvalue weighted by Crippen LogP contribution is 2.02. The molecule has 0 bridgehead atoms. The van der Waals surface area contributed by atoms with Crippen LogP contribution in [0.1, 0.15) is 12.0 Å². The number of nitrogens with one attached hydrogen (secondary N) is 1. The number of benzene rings is 1. The molecule has 1 rings (SSSR count). The molecule has 1 aromatic carbocycles.